The van der Waals surface area contributed by atoms with Crippen molar-refractivity contribution >= 4 is 27.8 Å². The van der Waals surface area contributed by atoms with Crippen LogP contribution in [0.3, 0.4) is 0 Å². The fourth-order valence-electron chi connectivity index (χ4n) is 3.85. The van der Waals surface area contributed by atoms with Gasteiger partial charge in [0.25, 0.3) is 0 Å². The molecule has 0 heterocycles. The predicted molar refractivity (Wildman–Crippen MR) is 147 cm³/mol. The molecule has 0 fully saturated rings. The van der Waals surface area contributed by atoms with E-state index in [9.17, 15) is 23.6 Å². The van der Waals surface area contributed by atoms with Gasteiger partial charge in [0.2, 0.25) is 10.0 Å². The van der Waals surface area contributed by atoms with Crippen LogP contribution in [0.2, 0.25) is 0 Å². The molecule has 0 spiro atoms. The van der Waals surface area contributed by atoms with Crippen LogP contribution in [0.4, 0.5) is 5.69 Å². The number of nitrogens with one attached hydrogen (secondary N) is 1. The normalized spacial score (nSPS) is 12.7. The molecule has 0 saturated heterocycles. The number of rotatable bonds is 9. The lowest BCUT2D eigenvalue weighted by atomic mass is 10.0. The zero-order chi connectivity index (χ0) is 27.2. The quantitative estimate of drug-likeness (QED) is 0.399. The van der Waals surface area contributed by atoms with Crippen LogP contribution in [0, 0.1) is 11.3 Å². The predicted octanol–water partition coefficient (Wildman–Crippen LogP) is 5.29. The van der Waals surface area contributed by atoms with Crippen molar-refractivity contribution in [2.45, 2.75) is 44.2 Å². The first-order valence-electron chi connectivity index (χ1n) is 11.8. The summed E-state index contributed by atoms with van der Waals surface area (Å²) in [4.78, 5) is 13.6. The zero-order valence-electron chi connectivity index (χ0n) is 21.3. The monoisotopic (exact) mass is 517 g/mol. The lowest BCUT2D eigenvalue weighted by Gasteiger charge is -2.27. The van der Waals surface area contributed by atoms with Gasteiger partial charge in [-0.3, -0.25) is 0 Å². The number of nitrogens with zero attached hydrogens (tertiary/aromatic N) is 2. The van der Waals surface area contributed by atoms with Gasteiger partial charge in [0, 0.05) is 23.3 Å². The standard InChI is InChI=1S/C29H31N3O4S/c1-21(28(33)34)32(25-11-7-9-23(19-25)20-30)18-8-10-22-14-16-24(17-15-22)26-12-5-6-13-27(26)37(35,36)31-29(2,3)4/h5-17,19,21,31H,18H2,1-4H3,(H,33,34). The Hall–Kier alpha value is -3.93. The first-order chi connectivity index (χ1) is 17.4. The van der Waals surface area contributed by atoms with Crippen LogP contribution in [-0.4, -0.2) is 37.6 Å². The molecule has 192 valence electrons. The van der Waals surface area contributed by atoms with Crippen LogP contribution in [0.1, 0.15) is 38.8 Å². The number of hydrogen-bond acceptors (Lipinski definition) is 5. The van der Waals surface area contributed by atoms with Gasteiger partial charge in [-0.15, -0.1) is 0 Å². The highest BCUT2D eigenvalue weighted by molar-refractivity contribution is 7.89. The molecule has 0 amide bonds. The second-order valence-corrected chi connectivity index (χ2v) is 11.4. The van der Waals surface area contributed by atoms with E-state index in [2.05, 4.69) is 10.8 Å². The minimum atomic E-state index is -3.71. The average Bonchev–Trinajstić information content (AvgIpc) is 2.85. The maximum atomic E-state index is 13.0. The summed E-state index contributed by atoms with van der Waals surface area (Å²) in [7, 11) is -3.71. The second-order valence-electron chi connectivity index (χ2n) is 9.70. The van der Waals surface area contributed by atoms with Crippen molar-refractivity contribution in [1.29, 1.82) is 5.26 Å². The van der Waals surface area contributed by atoms with Gasteiger partial charge in [-0.1, -0.05) is 60.7 Å². The van der Waals surface area contributed by atoms with Gasteiger partial charge in [0.15, 0.2) is 0 Å². The average molecular weight is 518 g/mol. The van der Waals surface area contributed by atoms with Gasteiger partial charge in [0.05, 0.1) is 16.5 Å². The van der Waals surface area contributed by atoms with Crippen molar-refractivity contribution in [2.24, 2.45) is 0 Å². The third-order valence-electron chi connectivity index (χ3n) is 5.58. The van der Waals surface area contributed by atoms with Gasteiger partial charge < -0.3 is 10.0 Å². The summed E-state index contributed by atoms with van der Waals surface area (Å²) in [6.07, 6.45) is 3.74. The summed E-state index contributed by atoms with van der Waals surface area (Å²) in [5.74, 6) is -0.963. The number of nitriles is 1. The third-order valence-corrected chi connectivity index (χ3v) is 7.40. The molecule has 0 bridgehead atoms. The minimum absolute atomic E-state index is 0.214. The maximum Gasteiger partial charge on any atom is 0.326 e. The third kappa shape index (κ3) is 7.29. The minimum Gasteiger partial charge on any atom is -0.480 e. The molecule has 37 heavy (non-hydrogen) atoms. The number of hydrogen-bond donors (Lipinski definition) is 2. The Kier molecular flexibility index (Phi) is 8.53. The highest BCUT2D eigenvalue weighted by Gasteiger charge is 2.25. The number of carboxylic acids is 1. The molecule has 0 saturated carbocycles. The fraction of sp³-hybridized carbons (Fsp3) is 0.241. The van der Waals surface area contributed by atoms with Crippen molar-refractivity contribution in [3.63, 3.8) is 0 Å². The molecule has 3 aromatic rings. The number of anilines is 1. The van der Waals surface area contributed by atoms with Crippen LogP contribution >= 0.6 is 0 Å². The Labute approximate surface area is 218 Å². The summed E-state index contributed by atoms with van der Waals surface area (Å²) in [5, 5.41) is 18.8. The van der Waals surface area contributed by atoms with E-state index in [4.69, 9.17) is 0 Å². The van der Waals surface area contributed by atoms with Gasteiger partial charge in [-0.25, -0.2) is 17.9 Å². The fourth-order valence-corrected chi connectivity index (χ4v) is 5.50. The van der Waals surface area contributed by atoms with Crippen molar-refractivity contribution in [3.05, 3.63) is 90.0 Å². The molecule has 1 atom stereocenters. The summed E-state index contributed by atoms with van der Waals surface area (Å²) in [5.41, 5.74) is 2.75. The van der Waals surface area contributed by atoms with Crippen LogP contribution in [0.15, 0.2) is 83.8 Å². The SMILES string of the molecule is CC(C(=O)O)N(CC=Cc1ccc(-c2ccccc2S(=O)(=O)NC(C)(C)C)cc1)c1cccc(C#N)c1. The van der Waals surface area contributed by atoms with Crippen molar-refractivity contribution in [2.75, 3.05) is 11.4 Å². The van der Waals surface area contributed by atoms with Crippen LogP contribution in [0.5, 0.6) is 0 Å². The highest BCUT2D eigenvalue weighted by Crippen LogP contribution is 2.28. The van der Waals surface area contributed by atoms with E-state index >= 15 is 0 Å². The molecule has 2 N–H and O–H groups in total. The Morgan fingerprint density at radius 2 is 1.76 bits per heavy atom. The smallest absolute Gasteiger partial charge is 0.326 e. The van der Waals surface area contributed by atoms with E-state index in [1.807, 2.05) is 36.4 Å². The van der Waals surface area contributed by atoms with E-state index < -0.39 is 27.6 Å². The van der Waals surface area contributed by atoms with Crippen LogP contribution in [0.25, 0.3) is 17.2 Å². The highest BCUT2D eigenvalue weighted by atomic mass is 32.2. The number of sulfonamides is 1. The zero-order valence-corrected chi connectivity index (χ0v) is 22.2. The van der Waals surface area contributed by atoms with Gasteiger partial charge in [0.1, 0.15) is 6.04 Å². The molecule has 0 aromatic heterocycles. The molecular weight excluding hydrogens is 486 g/mol. The Bertz CT molecular complexity index is 1430. The molecule has 8 heteroatoms. The lowest BCUT2D eigenvalue weighted by Crippen LogP contribution is -2.40. The number of benzene rings is 3. The summed E-state index contributed by atoms with van der Waals surface area (Å²) in [6, 6.07) is 22.5. The molecule has 1 unspecified atom stereocenters. The van der Waals surface area contributed by atoms with Crippen molar-refractivity contribution < 1.29 is 18.3 Å². The molecule has 3 aromatic carbocycles. The molecule has 0 aliphatic carbocycles. The topological polar surface area (TPSA) is 110 Å². The van der Waals surface area contributed by atoms with E-state index in [1.165, 1.54) is 0 Å². The summed E-state index contributed by atoms with van der Waals surface area (Å²) < 4.78 is 28.7. The summed E-state index contributed by atoms with van der Waals surface area (Å²) in [6.45, 7) is 7.32. The van der Waals surface area contributed by atoms with Gasteiger partial charge >= 0.3 is 5.97 Å². The van der Waals surface area contributed by atoms with E-state index in [-0.39, 0.29) is 4.90 Å². The number of carboxylic acid groups (broad SMARTS) is 1. The van der Waals surface area contributed by atoms with E-state index in [0.717, 1.165) is 11.1 Å². The molecule has 3 rings (SSSR count). The van der Waals surface area contributed by atoms with Crippen LogP contribution in [-0.2, 0) is 14.8 Å². The van der Waals surface area contributed by atoms with Crippen molar-refractivity contribution in [3.8, 4) is 17.2 Å². The molecule has 0 radical (unpaired) electrons. The van der Waals surface area contributed by atoms with E-state index in [1.54, 1.807) is 81.1 Å². The Morgan fingerprint density at radius 3 is 2.38 bits per heavy atom. The Balaban J connectivity index is 1.83. The number of carbonyl (C=O) groups is 1. The molecule has 0 aliphatic rings. The first kappa shape index (κ1) is 27.7. The first-order valence-corrected chi connectivity index (χ1v) is 13.3. The largest absolute Gasteiger partial charge is 0.480 e. The number of aliphatic carboxylic acids is 1. The molecular formula is C29H31N3O4S. The van der Waals surface area contributed by atoms with Crippen molar-refractivity contribution in [1.82, 2.24) is 4.72 Å². The Morgan fingerprint density at radius 1 is 1.08 bits per heavy atom. The maximum absolute atomic E-state index is 13.0. The van der Waals surface area contributed by atoms with E-state index in [0.29, 0.717) is 23.4 Å². The van der Waals surface area contributed by atoms with Gasteiger partial charge in [-0.05, 0) is 63.1 Å². The lowest BCUT2D eigenvalue weighted by molar-refractivity contribution is -0.138. The molecule has 7 nitrogen and oxygen atoms in total. The second kappa shape index (κ2) is 11.4. The van der Waals surface area contributed by atoms with Crippen LogP contribution < -0.4 is 9.62 Å². The molecule has 0 aliphatic heterocycles. The van der Waals surface area contributed by atoms with Gasteiger partial charge in [-0.2, -0.15) is 5.26 Å². The summed E-state index contributed by atoms with van der Waals surface area (Å²) >= 11 is 0.